The van der Waals surface area contributed by atoms with Crippen molar-refractivity contribution in [3.8, 4) is 5.75 Å². The fourth-order valence-electron chi connectivity index (χ4n) is 2.17. The predicted molar refractivity (Wildman–Crippen MR) is 68.4 cm³/mol. The summed E-state index contributed by atoms with van der Waals surface area (Å²) in [5.74, 6) is 0.300. The predicted octanol–water partition coefficient (Wildman–Crippen LogP) is 1.75. The molecule has 0 aromatic heterocycles. The molecule has 1 aromatic carbocycles. The molecule has 5 heteroatoms. The molecule has 3 N–H and O–H groups in total. The molecule has 1 fully saturated rings. The van der Waals surface area contributed by atoms with Crippen LogP contribution in [0.4, 0.5) is 10.1 Å². The van der Waals surface area contributed by atoms with Crippen LogP contribution in [0.3, 0.4) is 0 Å². The summed E-state index contributed by atoms with van der Waals surface area (Å²) in [7, 11) is 1.55. The third-order valence-electron chi connectivity index (χ3n) is 3.18. The highest BCUT2D eigenvalue weighted by Gasteiger charge is 2.25. The third-order valence-corrected chi connectivity index (χ3v) is 3.18. The lowest BCUT2D eigenvalue weighted by atomic mass is 10.1. The minimum Gasteiger partial charge on any atom is -0.497 e. The molecule has 0 aliphatic carbocycles. The van der Waals surface area contributed by atoms with E-state index in [1.54, 1.807) is 19.2 Å². The van der Waals surface area contributed by atoms with Crippen LogP contribution >= 0.6 is 0 Å². The van der Waals surface area contributed by atoms with Crippen molar-refractivity contribution >= 4 is 5.69 Å². The first-order valence-electron chi connectivity index (χ1n) is 6.16. The van der Waals surface area contributed by atoms with Gasteiger partial charge in [0.15, 0.2) is 0 Å². The number of methoxy groups -OCH3 is 1. The van der Waals surface area contributed by atoms with Gasteiger partial charge in [-0.3, -0.25) is 0 Å². The molecule has 2 rings (SSSR count). The second kappa shape index (κ2) is 6.02. The van der Waals surface area contributed by atoms with Crippen molar-refractivity contribution in [1.82, 2.24) is 0 Å². The van der Waals surface area contributed by atoms with Gasteiger partial charge in [-0.05, 0) is 25.0 Å². The third kappa shape index (κ3) is 2.91. The molecule has 0 radical (unpaired) electrons. The van der Waals surface area contributed by atoms with Crippen LogP contribution in [0.15, 0.2) is 18.2 Å². The molecule has 1 aromatic rings. The molecule has 4 nitrogen and oxygen atoms in total. The van der Waals surface area contributed by atoms with Gasteiger partial charge in [0.05, 0.1) is 24.9 Å². The molecular weight excluding hydrogens is 235 g/mol. The molecule has 1 aliphatic rings. The molecule has 18 heavy (non-hydrogen) atoms. The Morgan fingerprint density at radius 2 is 2.44 bits per heavy atom. The van der Waals surface area contributed by atoms with Crippen LogP contribution in [0.2, 0.25) is 0 Å². The van der Waals surface area contributed by atoms with Crippen molar-refractivity contribution in [3.63, 3.8) is 0 Å². The van der Waals surface area contributed by atoms with E-state index in [4.69, 9.17) is 15.2 Å². The van der Waals surface area contributed by atoms with Gasteiger partial charge < -0.3 is 20.5 Å². The zero-order valence-corrected chi connectivity index (χ0v) is 10.5. The lowest BCUT2D eigenvalue weighted by molar-refractivity contribution is 0.0972. The van der Waals surface area contributed by atoms with Crippen LogP contribution in [0.25, 0.3) is 0 Å². The summed E-state index contributed by atoms with van der Waals surface area (Å²) in [5.41, 5.74) is 6.13. The number of rotatable bonds is 5. The number of hydrogen-bond acceptors (Lipinski definition) is 4. The normalized spacial score (nSPS) is 20.7. The minimum atomic E-state index is -0.313. The Bertz CT molecular complexity index is 395. The standard InChI is InChI=1S/C13H19FN2O2/c1-17-9-4-5-10(14)11(7-9)16-12(8-15)13-3-2-6-18-13/h4-5,7,12-13,16H,2-3,6,8,15H2,1H3. The van der Waals surface area contributed by atoms with Crippen LogP contribution in [0.5, 0.6) is 5.75 Å². The Kier molecular flexibility index (Phi) is 4.38. The Labute approximate surface area is 106 Å². The zero-order valence-electron chi connectivity index (χ0n) is 10.5. The van der Waals surface area contributed by atoms with Crippen molar-refractivity contribution in [2.75, 3.05) is 25.6 Å². The first kappa shape index (κ1) is 13.1. The second-order valence-electron chi connectivity index (χ2n) is 4.38. The fraction of sp³-hybridized carbons (Fsp3) is 0.538. The van der Waals surface area contributed by atoms with Crippen LogP contribution in [0.1, 0.15) is 12.8 Å². The van der Waals surface area contributed by atoms with Gasteiger partial charge in [-0.15, -0.1) is 0 Å². The number of hydrogen-bond donors (Lipinski definition) is 2. The molecule has 1 aliphatic heterocycles. The summed E-state index contributed by atoms with van der Waals surface area (Å²) in [6.07, 6.45) is 2.05. The maximum atomic E-state index is 13.7. The number of anilines is 1. The summed E-state index contributed by atoms with van der Waals surface area (Å²) < 4.78 is 24.3. The van der Waals surface area contributed by atoms with Gasteiger partial charge in [-0.2, -0.15) is 0 Å². The van der Waals surface area contributed by atoms with Crippen molar-refractivity contribution in [3.05, 3.63) is 24.0 Å². The van der Waals surface area contributed by atoms with Crippen molar-refractivity contribution in [2.24, 2.45) is 5.73 Å². The lowest BCUT2D eigenvalue weighted by Gasteiger charge is -2.24. The highest BCUT2D eigenvalue weighted by Crippen LogP contribution is 2.24. The number of nitrogens with one attached hydrogen (secondary N) is 1. The summed E-state index contributed by atoms with van der Waals surface area (Å²) in [6.45, 7) is 1.16. The Balaban J connectivity index is 2.10. The summed E-state index contributed by atoms with van der Waals surface area (Å²) in [5, 5.41) is 3.11. The Morgan fingerprint density at radius 1 is 1.61 bits per heavy atom. The minimum absolute atomic E-state index is 0.0561. The van der Waals surface area contributed by atoms with Crippen LogP contribution in [-0.4, -0.2) is 32.4 Å². The monoisotopic (exact) mass is 254 g/mol. The molecular formula is C13H19FN2O2. The number of benzene rings is 1. The Hall–Kier alpha value is -1.33. The lowest BCUT2D eigenvalue weighted by Crippen LogP contribution is -2.39. The van der Waals surface area contributed by atoms with E-state index in [2.05, 4.69) is 5.32 Å². The van der Waals surface area contributed by atoms with E-state index < -0.39 is 0 Å². The van der Waals surface area contributed by atoms with E-state index in [0.717, 1.165) is 19.4 Å². The summed E-state index contributed by atoms with van der Waals surface area (Å²) in [4.78, 5) is 0. The SMILES string of the molecule is COc1ccc(F)c(NC(CN)C2CCCO2)c1. The molecule has 0 bridgehead atoms. The highest BCUT2D eigenvalue weighted by molar-refractivity contribution is 5.50. The van der Waals surface area contributed by atoms with E-state index >= 15 is 0 Å². The van der Waals surface area contributed by atoms with Crippen molar-refractivity contribution < 1.29 is 13.9 Å². The average Bonchev–Trinajstić information content (AvgIpc) is 2.91. The second-order valence-corrected chi connectivity index (χ2v) is 4.38. The quantitative estimate of drug-likeness (QED) is 0.840. The number of ether oxygens (including phenoxy) is 2. The zero-order chi connectivity index (χ0) is 13.0. The van der Waals surface area contributed by atoms with E-state index in [9.17, 15) is 4.39 Å². The maximum Gasteiger partial charge on any atom is 0.146 e. The number of nitrogens with two attached hydrogens (primary N) is 1. The maximum absolute atomic E-state index is 13.7. The largest absolute Gasteiger partial charge is 0.497 e. The molecule has 1 heterocycles. The van der Waals surface area contributed by atoms with E-state index in [1.165, 1.54) is 6.07 Å². The van der Waals surface area contributed by atoms with Crippen molar-refractivity contribution in [2.45, 2.75) is 25.0 Å². The summed E-state index contributed by atoms with van der Waals surface area (Å²) >= 11 is 0. The molecule has 0 saturated carbocycles. The van der Waals surface area contributed by atoms with Gasteiger partial charge in [-0.25, -0.2) is 4.39 Å². The van der Waals surface area contributed by atoms with Crippen LogP contribution in [0, 0.1) is 5.82 Å². The summed E-state index contributed by atoms with van der Waals surface area (Å²) in [6, 6.07) is 4.52. The molecule has 0 spiro atoms. The van der Waals surface area contributed by atoms with Crippen LogP contribution in [-0.2, 0) is 4.74 Å². The van der Waals surface area contributed by atoms with Crippen molar-refractivity contribution in [1.29, 1.82) is 0 Å². The Morgan fingerprint density at radius 3 is 3.06 bits per heavy atom. The first-order chi connectivity index (χ1) is 8.74. The smallest absolute Gasteiger partial charge is 0.146 e. The molecule has 0 amide bonds. The van der Waals surface area contributed by atoms with Gasteiger partial charge in [0.2, 0.25) is 0 Å². The molecule has 2 atom stereocenters. The average molecular weight is 254 g/mol. The van der Waals surface area contributed by atoms with E-state index in [-0.39, 0.29) is 18.0 Å². The van der Waals surface area contributed by atoms with Gasteiger partial charge in [0.25, 0.3) is 0 Å². The van der Waals surface area contributed by atoms with E-state index in [0.29, 0.717) is 18.0 Å². The first-order valence-corrected chi connectivity index (χ1v) is 6.16. The molecule has 100 valence electrons. The topological polar surface area (TPSA) is 56.5 Å². The van der Waals surface area contributed by atoms with Gasteiger partial charge in [-0.1, -0.05) is 0 Å². The van der Waals surface area contributed by atoms with Gasteiger partial charge in [0.1, 0.15) is 11.6 Å². The molecule has 1 saturated heterocycles. The fourth-order valence-corrected chi connectivity index (χ4v) is 2.17. The van der Waals surface area contributed by atoms with Crippen LogP contribution < -0.4 is 15.8 Å². The van der Waals surface area contributed by atoms with Gasteiger partial charge in [0, 0.05) is 19.2 Å². The highest BCUT2D eigenvalue weighted by atomic mass is 19.1. The number of halogens is 1. The molecule has 2 unspecified atom stereocenters. The van der Waals surface area contributed by atoms with E-state index in [1.807, 2.05) is 0 Å². The van der Waals surface area contributed by atoms with Gasteiger partial charge >= 0.3 is 0 Å².